The molecule has 2 heterocycles. The zero-order valence-corrected chi connectivity index (χ0v) is 20.5. The van der Waals surface area contributed by atoms with E-state index in [2.05, 4.69) is 0 Å². The third-order valence-corrected chi connectivity index (χ3v) is 8.01. The number of benzene rings is 2. The number of hydrogen-bond donors (Lipinski definition) is 1. The Balaban J connectivity index is 1.31. The average Bonchev–Trinajstić information content (AvgIpc) is 2.86. The zero-order valence-electron chi connectivity index (χ0n) is 20.5. The number of carbonyl (C=O) groups excluding carboxylic acids is 1. The highest BCUT2D eigenvalue weighted by molar-refractivity contribution is 5.86. The number of aryl methyl sites for hydroxylation is 2. The summed E-state index contributed by atoms with van der Waals surface area (Å²) in [5.41, 5.74) is 2.87. The Hall–Kier alpha value is -3.12. The van der Waals surface area contributed by atoms with E-state index in [-0.39, 0.29) is 24.1 Å². The molecule has 1 saturated carbocycles. The number of aliphatic hydroxyl groups is 1. The second-order valence-electron chi connectivity index (χ2n) is 10.1. The van der Waals surface area contributed by atoms with E-state index in [1.165, 1.54) is 0 Å². The van der Waals surface area contributed by atoms with Crippen LogP contribution in [0.5, 0.6) is 5.75 Å². The fourth-order valence-electron chi connectivity index (χ4n) is 5.76. The van der Waals surface area contributed by atoms with Gasteiger partial charge in [-0.1, -0.05) is 43.2 Å². The van der Waals surface area contributed by atoms with Gasteiger partial charge in [-0.25, -0.2) is 4.79 Å². The van der Waals surface area contributed by atoms with Crippen molar-refractivity contribution in [1.29, 1.82) is 0 Å². The lowest BCUT2D eigenvalue weighted by Gasteiger charge is -2.47. The maximum absolute atomic E-state index is 12.9. The van der Waals surface area contributed by atoms with E-state index in [0.29, 0.717) is 48.4 Å². The van der Waals surface area contributed by atoms with Crippen molar-refractivity contribution in [3.63, 3.8) is 0 Å². The number of fused-ring (bicyclic) bond motifs is 2. The summed E-state index contributed by atoms with van der Waals surface area (Å²) in [5, 5.41) is 11.8. The van der Waals surface area contributed by atoms with Gasteiger partial charge in [0.05, 0.1) is 5.60 Å². The van der Waals surface area contributed by atoms with E-state index in [1.54, 1.807) is 0 Å². The van der Waals surface area contributed by atoms with Gasteiger partial charge < -0.3 is 19.2 Å². The van der Waals surface area contributed by atoms with Crippen molar-refractivity contribution in [2.75, 3.05) is 19.7 Å². The third-order valence-electron chi connectivity index (χ3n) is 8.01. The maximum atomic E-state index is 12.9. The molecule has 35 heavy (non-hydrogen) atoms. The van der Waals surface area contributed by atoms with Crippen LogP contribution < -0.4 is 10.4 Å². The Bertz CT molecular complexity index is 1300. The molecule has 1 aromatic heterocycles. The van der Waals surface area contributed by atoms with Gasteiger partial charge in [0.2, 0.25) is 0 Å². The van der Waals surface area contributed by atoms with Crippen LogP contribution in [-0.2, 0) is 11.2 Å². The minimum absolute atomic E-state index is 0.0760. The fourth-order valence-corrected chi connectivity index (χ4v) is 5.76. The van der Waals surface area contributed by atoms with Crippen LogP contribution in [0.3, 0.4) is 0 Å². The minimum Gasteiger partial charge on any atom is -0.483 e. The Kier molecular flexibility index (Phi) is 6.41. The number of hydrogen-bond acceptors (Lipinski definition) is 5. The average molecular weight is 476 g/mol. The predicted octanol–water partition coefficient (Wildman–Crippen LogP) is 4.53. The summed E-state index contributed by atoms with van der Waals surface area (Å²) >= 11 is 0. The summed E-state index contributed by atoms with van der Waals surface area (Å²) in [6.07, 6.45) is 5.13. The topological polar surface area (TPSA) is 80.0 Å². The molecule has 5 rings (SSSR count). The highest BCUT2D eigenvalue weighted by Gasteiger charge is 2.43. The molecule has 2 atom stereocenters. The monoisotopic (exact) mass is 475 g/mol. The second-order valence-corrected chi connectivity index (χ2v) is 10.1. The van der Waals surface area contributed by atoms with Gasteiger partial charge >= 0.3 is 5.63 Å². The quantitative estimate of drug-likeness (QED) is 0.549. The van der Waals surface area contributed by atoms with Crippen LogP contribution in [0.4, 0.5) is 0 Å². The highest BCUT2D eigenvalue weighted by atomic mass is 16.5. The molecule has 1 amide bonds. The summed E-state index contributed by atoms with van der Waals surface area (Å²) in [7, 11) is 0. The standard InChI is InChI=1S/C29H33NO5/c1-19-23-11-12-25(20(2)27(23)35-28(32)24(19)16-21-8-4-3-5-9-21)34-18-26(31)30-15-14-29(33)13-7-6-10-22(29)17-30/h3-5,8-9,11-12,22,33H,6-7,10,13-18H2,1-2H3/t22-,29-/m0/s1. The number of rotatable bonds is 5. The Morgan fingerprint density at radius 3 is 2.71 bits per heavy atom. The molecular weight excluding hydrogens is 442 g/mol. The fraction of sp³-hybridized carbons (Fsp3) is 0.448. The molecule has 184 valence electrons. The predicted molar refractivity (Wildman–Crippen MR) is 135 cm³/mol. The first-order valence-corrected chi connectivity index (χ1v) is 12.6. The molecule has 3 aromatic rings. The van der Waals surface area contributed by atoms with Gasteiger partial charge in [0.25, 0.3) is 5.91 Å². The van der Waals surface area contributed by atoms with E-state index in [1.807, 2.05) is 61.2 Å². The number of piperidine rings is 1. The van der Waals surface area contributed by atoms with Gasteiger partial charge in [-0.05, 0) is 56.4 Å². The van der Waals surface area contributed by atoms with Crippen molar-refractivity contribution < 1.29 is 19.1 Å². The van der Waals surface area contributed by atoms with E-state index in [4.69, 9.17) is 9.15 Å². The summed E-state index contributed by atoms with van der Waals surface area (Å²) < 4.78 is 11.7. The molecule has 0 radical (unpaired) electrons. The number of carbonyl (C=O) groups is 1. The molecule has 6 nitrogen and oxygen atoms in total. The van der Waals surface area contributed by atoms with Crippen molar-refractivity contribution in [3.8, 4) is 5.75 Å². The first-order valence-electron chi connectivity index (χ1n) is 12.6. The summed E-state index contributed by atoms with van der Waals surface area (Å²) in [6.45, 7) is 4.87. The Morgan fingerprint density at radius 1 is 1.11 bits per heavy atom. The zero-order chi connectivity index (χ0) is 24.6. The van der Waals surface area contributed by atoms with Gasteiger partial charge in [-0.15, -0.1) is 0 Å². The number of ether oxygens (including phenoxy) is 1. The van der Waals surface area contributed by atoms with Crippen molar-refractivity contribution in [2.24, 2.45) is 5.92 Å². The smallest absolute Gasteiger partial charge is 0.340 e. The van der Waals surface area contributed by atoms with Gasteiger partial charge in [0, 0.05) is 41.9 Å². The molecule has 6 heteroatoms. The van der Waals surface area contributed by atoms with E-state index < -0.39 is 5.60 Å². The molecule has 0 unspecified atom stereocenters. The summed E-state index contributed by atoms with van der Waals surface area (Å²) in [4.78, 5) is 27.6. The maximum Gasteiger partial charge on any atom is 0.340 e. The second kappa shape index (κ2) is 9.50. The van der Waals surface area contributed by atoms with E-state index >= 15 is 0 Å². The van der Waals surface area contributed by atoms with Gasteiger partial charge in [0.1, 0.15) is 11.3 Å². The molecular formula is C29H33NO5. The van der Waals surface area contributed by atoms with E-state index in [9.17, 15) is 14.7 Å². The molecule has 1 aliphatic heterocycles. The lowest BCUT2D eigenvalue weighted by atomic mass is 9.71. The molecule has 0 spiro atoms. The molecule has 2 fully saturated rings. The van der Waals surface area contributed by atoms with Crippen LogP contribution >= 0.6 is 0 Å². The van der Waals surface area contributed by atoms with Gasteiger partial charge in [-0.3, -0.25) is 4.79 Å². The minimum atomic E-state index is -0.612. The van der Waals surface area contributed by atoms with Crippen molar-refractivity contribution >= 4 is 16.9 Å². The largest absolute Gasteiger partial charge is 0.483 e. The third kappa shape index (κ3) is 4.59. The van der Waals surface area contributed by atoms with Crippen molar-refractivity contribution in [1.82, 2.24) is 4.90 Å². The lowest BCUT2D eigenvalue weighted by Crippen LogP contribution is -2.55. The highest BCUT2D eigenvalue weighted by Crippen LogP contribution is 2.39. The molecule has 1 N–H and O–H groups in total. The SMILES string of the molecule is Cc1c(Cc2ccccc2)c(=O)oc2c(C)c(OCC(=O)N3CC[C@@]4(O)CCCC[C@H]4C3)ccc12. The van der Waals surface area contributed by atoms with Gasteiger partial charge in [-0.2, -0.15) is 0 Å². The van der Waals surface area contributed by atoms with Crippen LogP contribution in [0.1, 0.15) is 54.4 Å². The normalized spacial score (nSPS) is 22.1. The molecule has 2 aromatic carbocycles. The van der Waals surface area contributed by atoms with Crippen LogP contribution in [0.15, 0.2) is 51.7 Å². The molecule has 0 bridgehead atoms. The first-order chi connectivity index (χ1) is 16.9. The number of likely N-dealkylation sites (tertiary alicyclic amines) is 1. The number of amides is 1. The molecule has 2 aliphatic rings. The molecule has 1 aliphatic carbocycles. The summed E-state index contributed by atoms with van der Waals surface area (Å²) in [6, 6.07) is 13.6. The summed E-state index contributed by atoms with van der Waals surface area (Å²) in [5.74, 6) is 0.613. The first kappa shape index (κ1) is 23.6. The van der Waals surface area contributed by atoms with Crippen molar-refractivity contribution in [2.45, 2.75) is 58.0 Å². The Morgan fingerprint density at radius 2 is 1.91 bits per heavy atom. The lowest BCUT2D eigenvalue weighted by molar-refractivity contribution is -0.145. The van der Waals surface area contributed by atoms with E-state index in [0.717, 1.165) is 42.2 Å². The Labute approximate surface area is 205 Å². The van der Waals surface area contributed by atoms with Crippen LogP contribution in [0, 0.1) is 19.8 Å². The number of nitrogens with zero attached hydrogens (tertiary/aromatic N) is 1. The van der Waals surface area contributed by atoms with Crippen LogP contribution in [-0.4, -0.2) is 41.2 Å². The van der Waals surface area contributed by atoms with Gasteiger partial charge in [0.15, 0.2) is 6.61 Å². The van der Waals surface area contributed by atoms with Crippen LogP contribution in [0.25, 0.3) is 11.0 Å². The van der Waals surface area contributed by atoms with Crippen molar-refractivity contribution in [3.05, 3.63) is 75.1 Å². The molecule has 1 saturated heterocycles. The van der Waals surface area contributed by atoms with Crippen LogP contribution in [0.2, 0.25) is 0 Å².